The van der Waals surface area contributed by atoms with Crippen molar-refractivity contribution in [2.45, 2.75) is 37.4 Å². The first-order valence-corrected chi connectivity index (χ1v) is 8.50. The lowest BCUT2D eigenvalue weighted by atomic mass is 9.66. The Morgan fingerprint density at radius 3 is 2.35 bits per heavy atom. The molecule has 20 heavy (non-hydrogen) atoms. The predicted molar refractivity (Wildman–Crippen MR) is 66.4 cm³/mol. The summed E-state index contributed by atoms with van der Waals surface area (Å²) in [4.78, 5) is 12.0. The Morgan fingerprint density at radius 2 is 1.70 bits per heavy atom. The molecule has 4 bridgehead atoms. The van der Waals surface area contributed by atoms with Gasteiger partial charge in [-0.05, 0) is 67.6 Å². The van der Waals surface area contributed by atoms with Gasteiger partial charge in [-0.15, -0.1) is 0 Å². The summed E-state index contributed by atoms with van der Waals surface area (Å²) in [5.74, 6) is 0.708. The summed E-state index contributed by atoms with van der Waals surface area (Å²) in [5.41, 5.74) is 0. The maximum absolute atomic E-state index is 13.5. The smallest absolute Gasteiger partial charge is 0.366 e. The van der Waals surface area contributed by atoms with Gasteiger partial charge < -0.3 is 4.55 Å². The van der Waals surface area contributed by atoms with E-state index in [0.717, 1.165) is 12.3 Å². The summed E-state index contributed by atoms with van der Waals surface area (Å²) in [6.07, 6.45) is 4.97. The number of hydrogen-bond acceptors (Lipinski definition) is 3. The molecule has 0 aliphatic heterocycles. The Kier molecular flexibility index (Phi) is 2.73. The lowest BCUT2D eigenvalue weighted by molar-refractivity contribution is -0.141. The molecular weight excluding hydrogens is 286 g/mol. The van der Waals surface area contributed by atoms with E-state index in [1.807, 2.05) is 0 Å². The summed E-state index contributed by atoms with van der Waals surface area (Å²) in [6, 6.07) is 0. The van der Waals surface area contributed by atoms with E-state index >= 15 is 0 Å². The molecule has 0 saturated heterocycles. The van der Waals surface area contributed by atoms with E-state index in [9.17, 15) is 22.3 Å². The standard InChI is InChI=1S/C14H18F2O3S/c15-14(16,20(18)19)13(17)10-5-8-4-9(10)12-7-2-1-6(3-7)11(8)12/h6-12H,1-5H2,(H,18,19)/p-1. The minimum absolute atomic E-state index is 0.0159. The van der Waals surface area contributed by atoms with Gasteiger partial charge >= 0.3 is 5.25 Å². The van der Waals surface area contributed by atoms with Gasteiger partial charge in [0.15, 0.2) is 0 Å². The van der Waals surface area contributed by atoms with Gasteiger partial charge in [-0.2, -0.15) is 8.78 Å². The summed E-state index contributed by atoms with van der Waals surface area (Å²) >= 11 is -3.65. The lowest BCUT2D eigenvalue weighted by Crippen LogP contribution is -2.44. The Balaban J connectivity index is 1.59. The zero-order valence-corrected chi connectivity index (χ0v) is 11.8. The highest BCUT2D eigenvalue weighted by atomic mass is 32.2. The van der Waals surface area contributed by atoms with Crippen molar-refractivity contribution in [2.75, 3.05) is 0 Å². The topological polar surface area (TPSA) is 57.2 Å². The highest BCUT2D eigenvalue weighted by Gasteiger charge is 2.65. The first-order valence-electron chi connectivity index (χ1n) is 7.42. The molecule has 4 aliphatic rings. The highest BCUT2D eigenvalue weighted by molar-refractivity contribution is 7.81. The molecule has 4 rings (SSSR count). The molecule has 8 atom stereocenters. The highest BCUT2D eigenvalue weighted by Crippen LogP contribution is 2.69. The van der Waals surface area contributed by atoms with Crippen molar-refractivity contribution < 1.29 is 22.3 Å². The van der Waals surface area contributed by atoms with Crippen LogP contribution in [0.5, 0.6) is 0 Å². The number of alkyl halides is 2. The summed E-state index contributed by atoms with van der Waals surface area (Å²) < 4.78 is 48.2. The van der Waals surface area contributed by atoms with Gasteiger partial charge in [0.2, 0.25) is 5.78 Å². The van der Waals surface area contributed by atoms with Gasteiger partial charge in [0.05, 0.1) is 0 Å². The number of Topliss-reactive ketones (excluding diaryl/α,β-unsaturated/α-hetero) is 1. The Bertz CT molecular complexity index is 495. The molecule has 112 valence electrons. The van der Waals surface area contributed by atoms with Crippen LogP contribution in [-0.4, -0.2) is 19.8 Å². The average Bonchev–Trinajstić information content (AvgIpc) is 3.14. The molecule has 0 aromatic rings. The second-order valence-corrected chi connectivity index (χ2v) is 8.09. The molecule has 0 spiro atoms. The third-order valence-corrected chi connectivity index (χ3v) is 7.19. The maximum Gasteiger partial charge on any atom is 0.366 e. The molecular formula is C14H17F2O3S-. The fraction of sp³-hybridized carbons (Fsp3) is 0.929. The van der Waals surface area contributed by atoms with Crippen LogP contribution in [0.4, 0.5) is 8.78 Å². The van der Waals surface area contributed by atoms with Crippen molar-refractivity contribution in [1.29, 1.82) is 0 Å². The number of carbonyl (C=O) groups excluding carboxylic acids is 1. The minimum atomic E-state index is -4.21. The van der Waals surface area contributed by atoms with E-state index in [2.05, 4.69) is 0 Å². The van der Waals surface area contributed by atoms with Gasteiger partial charge in [0.1, 0.15) is 0 Å². The van der Waals surface area contributed by atoms with E-state index in [1.54, 1.807) is 0 Å². The number of hydrogen-bond donors (Lipinski definition) is 0. The van der Waals surface area contributed by atoms with Gasteiger partial charge in [-0.3, -0.25) is 9.00 Å². The molecule has 0 N–H and O–H groups in total. The van der Waals surface area contributed by atoms with Crippen molar-refractivity contribution in [3.05, 3.63) is 0 Å². The van der Waals surface area contributed by atoms with Gasteiger partial charge in [-0.1, -0.05) is 0 Å². The van der Waals surface area contributed by atoms with Crippen LogP contribution < -0.4 is 0 Å². The third kappa shape index (κ3) is 1.52. The van der Waals surface area contributed by atoms with Crippen LogP contribution in [0.3, 0.4) is 0 Å². The number of rotatable bonds is 3. The first kappa shape index (κ1) is 13.3. The summed E-state index contributed by atoms with van der Waals surface area (Å²) in [7, 11) is 0. The Labute approximate surface area is 118 Å². The van der Waals surface area contributed by atoms with Crippen LogP contribution in [0.25, 0.3) is 0 Å². The van der Waals surface area contributed by atoms with Crippen molar-refractivity contribution in [1.82, 2.24) is 0 Å². The molecule has 4 aliphatic carbocycles. The molecule has 8 unspecified atom stereocenters. The molecule has 0 heterocycles. The SMILES string of the molecule is O=C(C1CC2CC1C1C3CCC(C3)C21)C(F)(F)S(=O)[O-]. The van der Waals surface area contributed by atoms with Crippen LogP contribution >= 0.6 is 0 Å². The molecule has 4 fully saturated rings. The van der Waals surface area contributed by atoms with Crippen LogP contribution in [0, 0.1) is 41.4 Å². The molecule has 4 saturated carbocycles. The largest absolute Gasteiger partial charge is 0.768 e. The second-order valence-electron chi connectivity index (χ2n) is 7.11. The normalized spacial score (nSPS) is 50.5. The van der Waals surface area contributed by atoms with Crippen molar-refractivity contribution in [2.24, 2.45) is 41.4 Å². The number of carbonyl (C=O) groups is 1. The lowest BCUT2D eigenvalue weighted by Gasteiger charge is -2.39. The average molecular weight is 303 g/mol. The molecule has 0 amide bonds. The minimum Gasteiger partial charge on any atom is -0.768 e. The quantitative estimate of drug-likeness (QED) is 0.594. The van der Waals surface area contributed by atoms with E-state index in [1.165, 1.54) is 19.3 Å². The Hall–Kier alpha value is -0.360. The Morgan fingerprint density at radius 1 is 1.05 bits per heavy atom. The van der Waals surface area contributed by atoms with E-state index in [-0.39, 0.29) is 5.92 Å². The maximum atomic E-state index is 13.5. The summed E-state index contributed by atoms with van der Waals surface area (Å²) in [6.45, 7) is 0. The number of halogens is 2. The van der Waals surface area contributed by atoms with Crippen LogP contribution in [0.1, 0.15) is 32.1 Å². The van der Waals surface area contributed by atoms with E-state index in [0.29, 0.717) is 30.1 Å². The monoisotopic (exact) mass is 303 g/mol. The molecule has 0 aromatic carbocycles. The van der Waals surface area contributed by atoms with Gasteiger partial charge in [0, 0.05) is 17.0 Å². The van der Waals surface area contributed by atoms with Crippen LogP contribution in [-0.2, 0) is 15.9 Å². The zero-order chi connectivity index (χ0) is 14.2. The predicted octanol–water partition coefficient (Wildman–Crippen LogP) is 2.35. The van der Waals surface area contributed by atoms with Crippen molar-refractivity contribution >= 4 is 16.9 Å². The fourth-order valence-corrected chi connectivity index (χ4v) is 6.48. The molecule has 0 aromatic heterocycles. The molecule has 3 nitrogen and oxygen atoms in total. The van der Waals surface area contributed by atoms with Crippen LogP contribution in [0.15, 0.2) is 0 Å². The number of fused-ring (bicyclic) bond motifs is 9. The van der Waals surface area contributed by atoms with E-state index < -0.39 is 28.0 Å². The van der Waals surface area contributed by atoms with Crippen molar-refractivity contribution in [3.63, 3.8) is 0 Å². The molecule has 6 heteroatoms. The van der Waals surface area contributed by atoms with E-state index in [4.69, 9.17) is 0 Å². The second kappa shape index (κ2) is 4.09. The van der Waals surface area contributed by atoms with Gasteiger partial charge in [-0.25, -0.2) is 0 Å². The van der Waals surface area contributed by atoms with Gasteiger partial charge in [0.25, 0.3) is 0 Å². The first-order chi connectivity index (χ1) is 9.41. The summed E-state index contributed by atoms with van der Waals surface area (Å²) in [5, 5.41) is -4.21. The third-order valence-electron chi connectivity index (χ3n) is 6.57. The zero-order valence-electron chi connectivity index (χ0n) is 11.0. The number of ketones is 1. The van der Waals surface area contributed by atoms with Crippen molar-refractivity contribution in [3.8, 4) is 0 Å². The van der Waals surface area contributed by atoms with Crippen LogP contribution in [0.2, 0.25) is 0 Å². The fourth-order valence-electron chi connectivity index (χ4n) is 6.16. The molecule has 0 radical (unpaired) electrons.